The Morgan fingerprint density at radius 2 is 1.80 bits per heavy atom. The van der Waals surface area contributed by atoms with Crippen LogP contribution in [-0.4, -0.2) is 25.5 Å². The van der Waals surface area contributed by atoms with Gasteiger partial charge < -0.3 is 15.5 Å². The van der Waals surface area contributed by atoms with E-state index >= 15 is 0 Å². The third-order valence-corrected chi connectivity index (χ3v) is 4.80. The number of nitrogens with zero attached hydrogens (tertiary/aromatic N) is 1. The van der Waals surface area contributed by atoms with Crippen molar-refractivity contribution < 1.29 is 4.79 Å². The Balaban J connectivity index is 1.55. The minimum atomic E-state index is -0.0207. The molecule has 0 spiro atoms. The van der Waals surface area contributed by atoms with E-state index in [9.17, 15) is 4.79 Å². The molecule has 0 atom stereocenters. The number of benzene rings is 2. The Morgan fingerprint density at radius 1 is 1.08 bits per heavy atom. The van der Waals surface area contributed by atoms with Crippen LogP contribution in [0.1, 0.15) is 30.9 Å². The molecule has 4 nitrogen and oxygen atoms in total. The zero-order valence-corrected chi connectivity index (χ0v) is 15.1. The van der Waals surface area contributed by atoms with Gasteiger partial charge in [-0.1, -0.05) is 25.1 Å². The topological polar surface area (TPSA) is 44.4 Å². The highest BCUT2D eigenvalue weighted by Crippen LogP contribution is 2.23. The predicted molar refractivity (Wildman–Crippen MR) is 106 cm³/mol. The Hall–Kier alpha value is -2.49. The maximum atomic E-state index is 12.3. The molecule has 1 aliphatic heterocycles. The van der Waals surface area contributed by atoms with Gasteiger partial charge in [-0.15, -0.1) is 0 Å². The zero-order chi connectivity index (χ0) is 17.6. The molecule has 1 fully saturated rings. The number of aryl methyl sites for hydroxylation is 2. The lowest BCUT2D eigenvalue weighted by atomic mass is 10.1. The third-order valence-electron chi connectivity index (χ3n) is 4.80. The van der Waals surface area contributed by atoms with Crippen LogP contribution in [0.3, 0.4) is 0 Å². The van der Waals surface area contributed by atoms with Crippen LogP contribution in [0.25, 0.3) is 0 Å². The summed E-state index contributed by atoms with van der Waals surface area (Å²) in [5.74, 6) is -0.0207. The van der Waals surface area contributed by atoms with Crippen LogP contribution in [-0.2, 0) is 11.2 Å². The smallest absolute Gasteiger partial charge is 0.243 e. The molecule has 0 bridgehead atoms. The van der Waals surface area contributed by atoms with E-state index in [0.717, 1.165) is 36.4 Å². The molecule has 3 rings (SSSR count). The first kappa shape index (κ1) is 17.3. The molecule has 1 saturated heterocycles. The number of anilines is 3. The van der Waals surface area contributed by atoms with Gasteiger partial charge in [0.25, 0.3) is 0 Å². The van der Waals surface area contributed by atoms with Crippen molar-refractivity contribution in [2.45, 2.75) is 33.1 Å². The Labute approximate surface area is 150 Å². The second kappa shape index (κ2) is 8.06. The highest BCUT2D eigenvalue weighted by Gasteiger charge is 2.12. The van der Waals surface area contributed by atoms with Crippen molar-refractivity contribution in [2.75, 3.05) is 35.2 Å². The average molecular weight is 337 g/mol. The first-order valence-electron chi connectivity index (χ1n) is 9.14. The fourth-order valence-corrected chi connectivity index (χ4v) is 3.33. The van der Waals surface area contributed by atoms with Gasteiger partial charge in [0.2, 0.25) is 5.91 Å². The first-order valence-corrected chi connectivity index (χ1v) is 9.14. The first-order chi connectivity index (χ1) is 12.2. The standard InChI is InChI=1S/C21H27N3O/c1-3-17-8-6-7-16(2)21(17)23-20(25)15-22-18-9-11-19(12-10-18)24-13-4-5-14-24/h6-12,22H,3-5,13-15H2,1-2H3,(H,23,25). The molecule has 0 saturated carbocycles. The maximum Gasteiger partial charge on any atom is 0.243 e. The van der Waals surface area contributed by atoms with Crippen LogP contribution >= 0.6 is 0 Å². The summed E-state index contributed by atoms with van der Waals surface area (Å²) < 4.78 is 0. The molecule has 2 N–H and O–H groups in total. The van der Waals surface area contributed by atoms with Gasteiger partial charge in [-0.2, -0.15) is 0 Å². The van der Waals surface area contributed by atoms with Crippen molar-refractivity contribution >= 4 is 23.0 Å². The number of nitrogens with one attached hydrogen (secondary N) is 2. The van der Waals surface area contributed by atoms with E-state index in [1.807, 2.05) is 31.2 Å². The molecule has 0 unspecified atom stereocenters. The summed E-state index contributed by atoms with van der Waals surface area (Å²) in [6, 6.07) is 14.5. The molecule has 0 aromatic heterocycles. The monoisotopic (exact) mass is 337 g/mol. The average Bonchev–Trinajstić information content (AvgIpc) is 3.17. The van der Waals surface area contributed by atoms with Gasteiger partial charge in [-0.05, 0) is 61.6 Å². The lowest BCUT2D eigenvalue weighted by Gasteiger charge is -2.18. The van der Waals surface area contributed by atoms with Gasteiger partial charge in [0.1, 0.15) is 0 Å². The van der Waals surface area contributed by atoms with Crippen LogP contribution in [0.2, 0.25) is 0 Å². The van der Waals surface area contributed by atoms with Crippen LogP contribution in [0.5, 0.6) is 0 Å². The van der Waals surface area contributed by atoms with Crippen LogP contribution in [0.4, 0.5) is 17.1 Å². The number of rotatable bonds is 6. The van der Waals surface area contributed by atoms with Gasteiger partial charge in [0.05, 0.1) is 6.54 Å². The number of hydrogen-bond donors (Lipinski definition) is 2. The quantitative estimate of drug-likeness (QED) is 0.830. The fraction of sp³-hybridized carbons (Fsp3) is 0.381. The zero-order valence-electron chi connectivity index (χ0n) is 15.1. The molecule has 1 amide bonds. The summed E-state index contributed by atoms with van der Waals surface area (Å²) in [5, 5.41) is 6.26. The third kappa shape index (κ3) is 4.32. The second-order valence-electron chi connectivity index (χ2n) is 6.61. The number of para-hydroxylation sites is 1. The van der Waals surface area contributed by atoms with E-state index in [2.05, 4.69) is 40.7 Å². The summed E-state index contributed by atoms with van der Waals surface area (Å²) in [4.78, 5) is 14.7. The molecule has 2 aromatic carbocycles. The molecule has 0 radical (unpaired) electrons. The number of carbonyl (C=O) groups is 1. The number of hydrogen-bond acceptors (Lipinski definition) is 3. The number of carbonyl (C=O) groups excluding carboxylic acids is 1. The normalized spacial score (nSPS) is 13.8. The summed E-state index contributed by atoms with van der Waals surface area (Å²) >= 11 is 0. The molecule has 1 aliphatic rings. The van der Waals surface area contributed by atoms with Gasteiger partial charge in [0.15, 0.2) is 0 Å². The molecule has 0 aliphatic carbocycles. The molecule has 132 valence electrons. The van der Waals surface area contributed by atoms with Crippen LogP contribution < -0.4 is 15.5 Å². The van der Waals surface area contributed by atoms with E-state index in [4.69, 9.17) is 0 Å². The summed E-state index contributed by atoms with van der Waals surface area (Å²) in [7, 11) is 0. The van der Waals surface area contributed by atoms with Crippen molar-refractivity contribution in [1.29, 1.82) is 0 Å². The van der Waals surface area contributed by atoms with Crippen LogP contribution in [0, 0.1) is 6.92 Å². The van der Waals surface area contributed by atoms with Crippen molar-refractivity contribution in [3.8, 4) is 0 Å². The highest BCUT2D eigenvalue weighted by atomic mass is 16.1. The van der Waals surface area contributed by atoms with E-state index in [1.165, 1.54) is 24.1 Å². The van der Waals surface area contributed by atoms with Gasteiger partial charge in [0, 0.05) is 30.2 Å². The van der Waals surface area contributed by atoms with E-state index < -0.39 is 0 Å². The van der Waals surface area contributed by atoms with Gasteiger partial charge >= 0.3 is 0 Å². The highest BCUT2D eigenvalue weighted by molar-refractivity contribution is 5.95. The van der Waals surface area contributed by atoms with Crippen molar-refractivity contribution in [3.63, 3.8) is 0 Å². The SMILES string of the molecule is CCc1cccc(C)c1NC(=O)CNc1ccc(N2CCCC2)cc1. The maximum absolute atomic E-state index is 12.3. The van der Waals surface area contributed by atoms with E-state index in [1.54, 1.807) is 0 Å². The molecule has 1 heterocycles. The van der Waals surface area contributed by atoms with Gasteiger partial charge in [-0.3, -0.25) is 4.79 Å². The van der Waals surface area contributed by atoms with Gasteiger partial charge in [-0.25, -0.2) is 0 Å². The fourth-order valence-electron chi connectivity index (χ4n) is 3.33. The van der Waals surface area contributed by atoms with E-state index in [-0.39, 0.29) is 12.5 Å². The van der Waals surface area contributed by atoms with Crippen molar-refractivity contribution in [2.24, 2.45) is 0 Å². The minimum absolute atomic E-state index is 0.0207. The summed E-state index contributed by atoms with van der Waals surface area (Å²) in [6.07, 6.45) is 3.46. The van der Waals surface area contributed by atoms with Crippen molar-refractivity contribution in [1.82, 2.24) is 0 Å². The molecule has 2 aromatic rings. The van der Waals surface area contributed by atoms with Crippen LogP contribution in [0.15, 0.2) is 42.5 Å². The Morgan fingerprint density at radius 3 is 2.48 bits per heavy atom. The molecule has 4 heteroatoms. The molecule has 25 heavy (non-hydrogen) atoms. The van der Waals surface area contributed by atoms with E-state index in [0.29, 0.717) is 0 Å². The minimum Gasteiger partial charge on any atom is -0.376 e. The summed E-state index contributed by atoms with van der Waals surface area (Å²) in [5.41, 5.74) is 5.45. The molecular weight excluding hydrogens is 310 g/mol. The Bertz CT molecular complexity index is 718. The lowest BCUT2D eigenvalue weighted by Crippen LogP contribution is -2.23. The second-order valence-corrected chi connectivity index (χ2v) is 6.61. The lowest BCUT2D eigenvalue weighted by molar-refractivity contribution is -0.114. The largest absolute Gasteiger partial charge is 0.376 e. The Kier molecular flexibility index (Phi) is 5.59. The summed E-state index contributed by atoms with van der Waals surface area (Å²) in [6.45, 7) is 6.68. The van der Waals surface area contributed by atoms with Crippen molar-refractivity contribution in [3.05, 3.63) is 53.6 Å². The molecular formula is C21H27N3O. The predicted octanol–water partition coefficient (Wildman–Crippen LogP) is 4.21. The number of amides is 1.